The van der Waals surface area contributed by atoms with Crippen LogP contribution in [0.5, 0.6) is 0 Å². The van der Waals surface area contributed by atoms with E-state index in [0.29, 0.717) is 0 Å². The van der Waals surface area contributed by atoms with Crippen molar-refractivity contribution in [2.24, 2.45) is 0 Å². The second-order valence-electron chi connectivity index (χ2n) is 9.79. The first-order chi connectivity index (χ1) is 20.8. The Morgan fingerprint density at radius 2 is 0.381 bits per heavy atom. The molecule has 0 aliphatic carbocycles. The zero-order chi connectivity index (χ0) is 28.4. The van der Waals surface area contributed by atoms with Crippen LogP contribution in [-0.2, 0) is 0 Å². The van der Waals surface area contributed by atoms with Gasteiger partial charge in [-0.1, -0.05) is 120 Å². The molecule has 0 nitrogen and oxygen atoms in total. The van der Waals surface area contributed by atoms with E-state index in [-0.39, 0.29) is 0 Å². The third kappa shape index (κ3) is 6.95. The fraction of sp³-hybridized carbons (Fsp3) is 0. The lowest BCUT2D eigenvalue weighted by Crippen LogP contribution is -1.82. The summed E-state index contributed by atoms with van der Waals surface area (Å²) in [5, 5.41) is 0. The van der Waals surface area contributed by atoms with Crippen LogP contribution in [-0.4, -0.2) is 0 Å². The molecule has 0 atom stereocenters. The van der Waals surface area contributed by atoms with Crippen LogP contribution in [0.1, 0.15) is 33.4 Å². The minimum Gasteiger partial charge on any atom is -0.0622 e. The van der Waals surface area contributed by atoms with Gasteiger partial charge in [0.15, 0.2) is 0 Å². The van der Waals surface area contributed by atoms with E-state index < -0.39 is 0 Å². The maximum absolute atomic E-state index is 3.29. The highest BCUT2D eigenvalue weighted by Crippen LogP contribution is 2.22. The van der Waals surface area contributed by atoms with Gasteiger partial charge in [0.2, 0.25) is 0 Å². The molecule has 0 aliphatic heterocycles. The maximum atomic E-state index is 3.29. The number of rotatable bonds is 2. The molecule has 0 aliphatic rings. The molecule has 0 fully saturated rings. The molecule has 42 heavy (non-hydrogen) atoms. The van der Waals surface area contributed by atoms with E-state index in [1.54, 1.807) is 0 Å². The topological polar surface area (TPSA) is 0 Å². The lowest BCUT2D eigenvalue weighted by atomic mass is 10.0. The van der Waals surface area contributed by atoms with Crippen molar-refractivity contribution >= 4 is 0 Å². The first-order valence-corrected chi connectivity index (χ1v) is 13.9. The summed E-state index contributed by atoms with van der Waals surface area (Å²) >= 11 is 0. The van der Waals surface area contributed by atoms with Crippen LogP contribution in [0, 0.1) is 35.5 Å². The molecule has 0 bridgehead atoms. The van der Waals surface area contributed by atoms with E-state index in [1.165, 1.54) is 0 Å². The molecule has 0 aromatic heterocycles. The Kier molecular flexibility index (Phi) is 8.06. The SMILES string of the molecule is C(#Cc1ccc(-c2ccc(C#Cc3ccc(-c4ccc(C#Cc5ccccc5)cc4)cc3)cc2)cc1)c1ccccc1. The van der Waals surface area contributed by atoms with Gasteiger partial charge in [-0.3, -0.25) is 0 Å². The van der Waals surface area contributed by atoms with Crippen LogP contribution in [0.4, 0.5) is 0 Å². The molecule has 0 saturated carbocycles. The first-order valence-electron chi connectivity index (χ1n) is 13.9. The molecule has 0 spiro atoms. The molecule has 0 amide bonds. The highest BCUT2D eigenvalue weighted by molar-refractivity contribution is 5.67. The van der Waals surface area contributed by atoms with Crippen LogP contribution in [0.25, 0.3) is 22.3 Å². The minimum absolute atomic E-state index is 0.986. The highest BCUT2D eigenvalue weighted by atomic mass is 14.0. The lowest BCUT2D eigenvalue weighted by Gasteiger charge is -2.03. The first kappa shape index (κ1) is 26.2. The van der Waals surface area contributed by atoms with Crippen molar-refractivity contribution in [2.75, 3.05) is 0 Å². The second kappa shape index (κ2) is 12.9. The Bertz CT molecular complexity index is 1810. The van der Waals surface area contributed by atoms with Gasteiger partial charge in [0.25, 0.3) is 0 Å². The zero-order valence-corrected chi connectivity index (χ0v) is 23.0. The summed E-state index contributed by atoms with van der Waals surface area (Å²) in [6.07, 6.45) is 0. The van der Waals surface area contributed by atoms with Crippen molar-refractivity contribution < 1.29 is 0 Å². The normalized spacial score (nSPS) is 9.81. The molecular weight excluding hydrogens is 504 g/mol. The Labute approximate surface area is 248 Å². The molecule has 0 heterocycles. The standard InChI is InChI=1S/C42H26/c1-3-7-33(8-4-1)11-13-35-17-25-39(26-18-35)41-29-21-37(22-30-41)15-16-38-23-31-42(32-24-38)40-27-19-36(20-28-40)14-12-34-9-5-2-6-10-34/h1-10,17-32H. The average molecular weight is 531 g/mol. The zero-order valence-electron chi connectivity index (χ0n) is 23.0. The minimum atomic E-state index is 0.986. The van der Waals surface area contributed by atoms with E-state index in [0.717, 1.165) is 55.6 Å². The van der Waals surface area contributed by atoms with Gasteiger partial charge in [0.05, 0.1) is 0 Å². The van der Waals surface area contributed by atoms with Gasteiger partial charge in [-0.2, -0.15) is 0 Å². The fourth-order valence-electron chi connectivity index (χ4n) is 4.46. The van der Waals surface area contributed by atoms with Gasteiger partial charge in [0, 0.05) is 33.4 Å². The van der Waals surface area contributed by atoms with Gasteiger partial charge < -0.3 is 0 Å². The largest absolute Gasteiger partial charge is 0.0622 e. The molecule has 0 N–H and O–H groups in total. The molecule has 6 aromatic rings. The van der Waals surface area contributed by atoms with Crippen molar-refractivity contribution in [3.63, 3.8) is 0 Å². The summed E-state index contributed by atoms with van der Waals surface area (Å²) in [6, 6.07) is 53.6. The summed E-state index contributed by atoms with van der Waals surface area (Å²) in [7, 11) is 0. The van der Waals surface area contributed by atoms with E-state index >= 15 is 0 Å². The van der Waals surface area contributed by atoms with Crippen molar-refractivity contribution in [3.05, 3.63) is 191 Å². The van der Waals surface area contributed by atoms with Crippen LogP contribution >= 0.6 is 0 Å². The molecule has 0 radical (unpaired) electrons. The maximum Gasteiger partial charge on any atom is 0.0249 e. The Balaban J connectivity index is 1.08. The third-order valence-electron chi connectivity index (χ3n) is 6.81. The summed E-state index contributed by atoms with van der Waals surface area (Å²) in [5.74, 6) is 19.5. The number of hydrogen-bond donors (Lipinski definition) is 0. The van der Waals surface area contributed by atoms with Crippen molar-refractivity contribution in [3.8, 4) is 57.8 Å². The number of benzene rings is 6. The van der Waals surface area contributed by atoms with Crippen molar-refractivity contribution in [2.45, 2.75) is 0 Å². The van der Waals surface area contributed by atoms with Gasteiger partial charge in [-0.15, -0.1) is 0 Å². The van der Waals surface area contributed by atoms with E-state index in [1.807, 2.05) is 60.7 Å². The second-order valence-corrected chi connectivity index (χ2v) is 9.79. The molecule has 0 heteroatoms. The van der Waals surface area contributed by atoms with Gasteiger partial charge in [-0.05, 0) is 95.1 Å². The summed E-state index contributed by atoms with van der Waals surface area (Å²) in [4.78, 5) is 0. The van der Waals surface area contributed by atoms with Gasteiger partial charge in [0.1, 0.15) is 0 Å². The summed E-state index contributed by atoms with van der Waals surface area (Å²) in [5.41, 5.74) is 10.6. The van der Waals surface area contributed by atoms with E-state index in [9.17, 15) is 0 Å². The van der Waals surface area contributed by atoms with Gasteiger partial charge >= 0.3 is 0 Å². The molecular formula is C42H26. The Hall–Kier alpha value is -6.00. The molecule has 6 aromatic carbocycles. The molecule has 6 rings (SSSR count). The van der Waals surface area contributed by atoms with Crippen LogP contribution in [0.3, 0.4) is 0 Å². The third-order valence-corrected chi connectivity index (χ3v) is 6.81. The molecule has 0 unspecified atom stereocenters. The highest BCUT2D eigenvalue weighted by Gasteiger charge is 2.00. The predicted octanol–water partition coefficient (Wildman–Crippen LogP) is 9.22. The smallest absolute Gasteiger partial charge is 0.0249 e. The van der Waals surface area contributed by atoms with Crippen LogP contribution in [0.2, 0.25) is 0 Å². The lowest BCUT2D eigenvalue weighted by molar-refractivity contribution is 1.56. The quantitative estimate of drug-likeness (QED) is 0.196. The van der Waals surface area contributed by atoms with Crippen LogP contribution in [0.15, 0.2) is 158 Å². The van der Waals surface area contributed by atoms with E-state index in [4.69, 9.17) is 0 Å². The molecule has 194 valence electrons. The fourth-order valence-corrected chi connectivity index (χ4v) is 4.46. The monoisotopic (exact) mass is 530 g/mol. The van der Waals surface area contributed by atoms with E-state index in [2.05, 4.69) is 133 Å². The number of hydrogen-bond acceptors (Lipinski definition) is 0. The van der Waals surface area contributed by atoms with Crippen molar-refractivity contribution in [1.29, 1.82) is 0 Å². The van der Waals surface area contributed by atoms with Crippen molar-refractivity contribution in [1.82, 2.24) is 0 Å². The Morgan fingerprint density at radius 3 is 0.595 bits per heavy atom. The predicted molar refractivity (Wildman–Crippen MR) is 175 cm³/mol. The molecule has 0 saturated heterocycles. The average Bonchev–Trinajstić information content (AvgIpc) is 3.07. The van der Waals surface area contributed by atoms with Crippen LogP contribution < -0.4 is 0 Å². The summed E-state index contributed by atoms with van der Waals surface area (Å²) < 4.78 is 0. The Morgan fingerprint density at radius 1 is 0.190 bits per heavy atom. The van der Waals surface area contributed by atoms with Gasteiger partial charge in [-0.25, -0.2) is 0 Å². The summed E-state index contributed by atoms with van der Waals surface area (Å²) in [6.45, 7) is 0.